The number of piperazine rings is 1. The van der Waals surface area contributed by atoms with Gasteiger partial charge in [-0.3, -0.25) is 14.5 Å². The van der Waals surface area contributed by atoms with Gasteiger partial charge in [-0.2, -0.15) is 0 Å². The third-order valence-electron chi connectivity index (χ3n) is 4.78. The fraction of sp³-hybridized carbons (Fsp3) is 0.591. The molecule has 32 heavy (non-hydrogen) atoms. The third kappa shape index (κ3) is 8.20. The summed E-state index contributed by atoms with van der Waals surface area (Å²) >= 11 is 6.02. The van der Waals surface area contributed by atoms with Crippen LogP contribution in [-0.2, 0) is 9.53 Å². The number of rotatable bonds is 7. The minimum absolute atomic E-state index is 0.185. The molecule has 0 radical (unpaired) electrons. The highest BCUT2D eigenvalue weighted by Crippen LogP contribution is 2.23. The maximum absolute atomic E-state index is 12.7. The first-order valence-electron chi connectivity index (χ1n) is 10.6. The minimum atomic E-state index is -0.511. The SMILES string of the molecule is CN(C)C(=O)COc1cc(Cl)ccc1C(=O)NCCN1CCN(C(=O)OC(C)(C)C)CC1. The predicted molar refractivity (Wildman–Crippen MR) is 122 cm³/mol. The number of nitrogens with one attached hydrogen (secondary N) is 1. The van der Waals surface area contributed by atoms with Gasteiger partial charge in [-0.1, -0.05) is 11.6 Å². The molecule has 0 unspecified atom stereocenters. The number of halogens is 1. The highest BCUT2D eigenvalue weighted by atomic mass is 35.5. The maximum Gasteiger partial charge on any atom is 0.410 e. The fourth-order valence-electron chi connectivity index (χ4n) is 2.98. The normalized spacial score (nSPS) is 14.6. The highest BCUT2D eigenvalue weighted by Gasteiger charge is 2.25. The van der Waals surface area contributed by atoms with Gasteiger partial charge in [0.25, 0.3) is 11.8 Å². The lowest BCUT2D eigenvalue weighted by Crippen LogP contribution is -2.51. The van der Waals surface area contributed by atoms with Crippen molar-refractivity contribution in [3.8, 4) is 5.75 Å². The van der Waals surface area contributed by atoms with Crippen molar-refractivity contribution in [2.75, 3.05) is 60.0 Å². The van der Waals surface area contributed by atoms with Crippen molar-refractivity contribution in [1.29, 1.82) is 0 Å². The van der Waals surface area contributed by atoms with Crippen molar-refractivity contribution in [1.82, 2.24) is 20.0 Å². The van der Waals surface area contributed by atoms with Crippen LogP contribution in [0.15, 0.2) is 18.2 Å². The van der Waals surface area contributed by atoms with E-state index in [1.807, 2.05) is 20.8 Å². The van der Waals surface area contributed by atoms with Gasteiger partial charge in [0.05, 0.1) is 5.56 Å². The van der Waals surface area contributed by atoms with E-state index in [0.29, 0.717) is 49.9 Å². The van der Waals surface area contributed by atoms with Gasteiger partial charge in [0.2, 0.25) is 0 Å². The van der Waals surface area contributed by atoms with E-state index in [1.165, 1.54) is 11.0 Å². The molecule has 1 aliphatic heterocycles. The molecule has 0 spiro atoms. The Morgan fingerprint density at radius 3 is 2.38 bits per heavy atom. The summed E-state index contributed by atoms with van der Waals surface area (Å²) in [4.78, 5) is 41.9. The average molecular weight is 469 g/mol. The monoisotopic (exact) mass is 468 g/mol. The zero-order valence-corrected chi connectivity index (χ0v) is 20.2. The van der Waals surface area contributed by atoms with Gasteiger partial charge in [0, 0.05) is 58.4 Å². The molecule has 0 aromatic heterocycles. The van der Waals surface area contributed by atoms with E-state index in [2.05, 4.69) is 10.2 Å². The standard InChI is InChI=1S/C22H33ClN4O5/c1-22(2,3)32-21(30)27-12-10-26(11-13-27)9-8-24-20(29)17-7-6-16(23)14-18(17)31-15-19(28)25(4)5/h6-7,14H,8-13,15H2,1-5H3,(H,24,29). The van der Waals surface area contributed by atoms with Crippen molar-refractivity contribution < 1.29 is 23.9 Å². The van der Waals surface area contributed by atoms with Crippen LogP contribution in [0, 0.1) is 0 Å². The molecule has 2 rings (SSSR count). The smallest absolute Gasteiger partial charge is 0.410 e. The Labute approximate surface area is 194 Å². The molecule has 1 aliphatic rings. The van der Waals surface area contributed by atoms with Crippen LogP contribution in [-0.4, -0.2) is 98.2 Å². The molecule has 0 atom stereocenters. The Morgan fingerprint density at radius 2 is 1.78 bits per heavy atom. The van der Waals surface area contributed by atoms with E-state index in [4.69, 9.17) is 21.1 Å². The highest BCUT2D eigenvalue weighted by molar-refractivity contribution is 6.30. The molecule has 10 heteroatoms. The van der Waals surface area contributed by atoms with Gasteiger partial charge < -0.3 is 24.6 Å². The molecule has 0 saturated carbocycles. The van der Waals surface area contributed by atoms with Gasteiger partial charge in [0.15, 0.2) is 6.61 Å². The van der Waals surface area contributed by atoms with Crippen LogP contribution in [0.1, 0.15) is 31.1 Å². The number of nitrogens with zero attached hydrogens (tertiary/aromatic N) is 3. The molecule has 1 N–H and O–H groups in total. The van der Waals surface area contributed by atoms with Gasteiger partial charge in [-0.05, 0) is 39.0 Å². The Balaban J connectivity index is 1.81. The largest absolute Gasteiger partial charge is 0.483 e. The summed E-state index contributed by atoms with van der Waals surface area (Å²) < 4.78 is 10.9. The molecule has 178 valence electrons. The number of likely N-dealkylation sites (N-methyl/N-ethyl adjacent to an activating group) is 1. The molecule has 0 aliphatic carbocycles. The summed E-state index contributed by atoms with van der Waals surface area (Å²) in [5.74, 6) is -0.264. The number of carbonyl (C=O) groups excluding carboxylic acids is 3. The molecule has 3 amide bonds. The van der Waals surface area contributed by atoms with Crippen LogP contribution in [0.4, 0.5) is 4.79 Å². The van der Waals surface area contributed by atoms with E-state index < -0.39 is 5.60 Å². The van der Waals surface area contributed by atoms with E-state index in [1.54, 1.807) is 31.1 Å². The second kappa shape index (κ2) is 11.4. The summed E-state index contributed by atoms with van der Waals surface area (Å²) in [7, 11) is 3.26. The first kappa shape index (κ1) is 25.7. The number of amides is 3. The van der Waals surface area contributed by atoms with Gasteiger partial charge in [0.1, 0.15) is 11.4 Å². The molecule has 9 nitrogen and oxygen atoms in total. The average Bonchev–Trinajstić information content (AvgIpc) is 2.71. The molecule has 1 heterocycles. The Kier molecular flexibility index (Phi) is 9.15. The van der Waals surface area contributed by atoms with Crippen LogP contribution in [0.3, 0.4) is 0 Å². The van der Waals surface area contributed by atoms with Crippen molar-refractivity contribution in [2.45, 2.75) is 26.4 Å². The lowest BCUT2D eigenvalue weighted by Gasteiger charge is -2.35. The topological polar surface area (TPSA) is 91.4 Å². The number of carbonyl (C=O) groups is 3. The molecular weight excluding hydrogens is 436 g/mol. The second-order valence-electron chi connectivity index (χ2n) is 8.78. The summed E-state index contributed by atoms with van der Waals surface area (Å²) in [6, 6.07) is 4.70. The van der Waals surface area contributed by atoms with Crippen molar-refractivity contribution in [2.24, 2.45) is 0 Å². The Bertz CT molecular complexity index is 817. The van der Waals surface area contributed by atoms with E-state index >= 15 is 0 Å². The quantitative estimate of drug-likeness (QED) is 0.658. The summed E-state index contributed by atoms with van der Waals surface area (Å²) in [6.45, 7) is 9.02. The van der Waals surface area contributed by atoms with Crippen molar-refractivity contribution >= 4 is 29.5 Å². The second-order valence-corrected chi connectivity index (χ2v) is 9.22. The van der Waals surface area contributed by atoms with Crippen LogP contribution >= 0.6 is 11.6 Å². The number of benzene rings is 1. The maximum atomic E-state index is 12.7. The molecule has 0 bridgehead atoms. The number of hydrogen-bond acceptors (Lipinski definition) is 6. The van der Waals surface area contributed by atoms with Crippen molar-refractivity contribution in [3.63, 3.8) is 0 Å². The molecular formula is C22H33ClN4O5. The van der Waals surface area contributed by atoms with Crippen LogP contribution in [0.5, 0.6) is 5.75 Å². The van der Waals surface area contributed by atoms with E-state index in [0.717, 1.165) is 0 Å². The predicted octanol–water partition coefficient (Wildman–Crippen LogP) is 2.09. The third-order valence-corrected chi connectivity index (χ3v) is 5.01. The van der Waals surface area contributed by atoms with Gasteiger partial charge in [-0.25, -0.2) is 4.79 Å². The molecule has 1 fully saturated rings. The number of ether oxygens (including phenoxy) is 2. The van der Waals surface area contributed by atoms with E-state index in [9.17, 15) is 14.4 Å². The van der Waals surface area contributed by atoms with Gasteiger partial charge in [-0.15, -0.1) is 0 Å². The Hall–Kier alpha value is -2.52. The van der Waals surface area contributed by atoms with Crippen LogP contribution < -0.4 is 10.1 Å². The lowest BCUT2D eigenvalue weighted by molar-refractivity contribution is -0.130. The first-order chi connectivity index (χ1) is 15.0. The molecule has 1 aromatic carbocycles. The first-order valence-corrected chi connectivity index (χ1v) is 10.9. The molecule has 1 aromatic rings. The van der Waals surface area contributed by atoms with Crippen molar-refractivity contribution in [3.05, 3.63) is 28.8 Å². The van der Waals surface area contributed by atoms with E-state index in [-0.39, 0.29) is 30.3 Å². The Morgan fingerprint density at radius 1 is 1.12 bits per heavy atom. The minimum Gasteiger partial charge on any atom is -0.483 e. The van der Waals surface area contributed by atoms with Crippen LogP contribution in [0.2, 0.25) is 5.02 Å². The van der Waals surface area contributed by atoms with Gasteiger partial charge >= 0.3 is 6.09 Å². The summed E-state index contributed by atoms with van der Waals surface area (Å²) in [6.07, 6.45) is -0.298. The summed E-state index contributed by atoms with van der Waals surface area (Å²) in [5, 5.41) is 3.29. The fourth-order valence-corrected chi connectivity index (χ4v) is 3.14. The van der Waals surface area contributed by atoms with Crippen LogP contribution in [0.25, 0.3) is 0 Å². The number of hydrogen-bond donors (Lipinski definition) is 1. The zero-order valence-electron chi connectivity index (χ0n) is 19.4. The zero-order chi connectivity index (χ0) is 23.9. The lowest BCUT2D eigenvalue weighted by atomic mass is 10.2. The summed E-state index contributed by atoms with van der Waals surface area (Å²) in [5.41, 5.74) is -0.196. The molecule has 1 saturated heterocycles.